The van der Waals surface area contributed by atoms with Gasteiger partial charge in [0, 0.05) is 11.1 Å². The summed E-state index contributed by atoms with van der Waals surface area (Å²) in [5.41, 5.74) is 1.65. The number of carbonyl (C=O) groups excluding carboxylic acids is 1. The Labute approximate surface area is 164 Å². The molecule has 6 nitrogen and oxygen atoms in total. The molecule has 3 aromatic rings. The molecule has 0 fully saturated rings. The Morgan fingerprint density at radius 2 is 1.79 bits per heavy atom. The van der Waals surface area contributed by atoms with Crippen LogP contribution in [-0.4, -0.2) is 21.8 Å². The first kappa shape index (κ1) is 19.8. The van der Waals surface area contributed by atoms with Crippen molar-refractivity contribution in [3.8, 4) is 0 Å². The molecule has 0 atom stereocenters. The summed E-state index contributed by atoms with van der Waals surface area (Å²) < 4.78 is 6.97. The van der Waals surface area contributed by atoms with Gasteiger partial charge in [0.1, 0.15) is 0 Å². The molecule has 0 aliphatic carbocycles. The van der Waals surface area contributed by atoms with Gasteiger partial charge in [-0.1, -0.05) is 30.3 Å². The highest BCUT2D eigenvalue weighted by molar-refractivity contribution is 6.11. The van der Waals surface area contributed by atoms with E-state index in [4.69, 9.17) is 4.74 Å². The summed E-state index contributed by atoms with van der Waals surface area (Å²) >= 11 is 0. The van der Waals surface area contributed by atoms with E-state index in [0.717, 1.165) is 5.56 Å². The molecule has 0 radical (unpaired) electrons. The first-order valence-corrected chi connectivity index (χ1v) is 9.40. The van der Waals surface area contributed by atoms with E-state index in [1.807, 2.05) is 52.0 Å². The molecule has 0 saturated heterocycles. The van der Waals surface area contributed by atoms with Crippen molar-refractivity contribution in [1.29, 1.82) is 0 Å². The zero-order valence-electron chi connectivity index (χ0n) is 16.6. The van der Waals surface area contributed by atoms with Crippen LogP contribution in [0.2, 0.25) is 0 Å². The number of benzene rings is 2. The largest absolute Gasteiger partial charge is 0.374 e. The lowest BCUT2D eigenvalue weighted by Gasteiger charge is -2.14. The number of fused-ring (bicyclic) bond motifs is 1. The van der Waals surface area contributed by atoms with Crippen molar-refractivity contribution in [1.82, 2.24) is 9.78 Å². The number of hydrogen-bond acceptors (Lipinski definition) is 4. The highest BCUT2D eigenvalue weighted by atomic mass is 16.5. The number of nitrogens with zero attached hydrogens (tertiary/aromatic N) is 2. The maximum absolute atomic E-state index is 13.0. The molecule has 0 aliphatic rings. The van der Waals surface area contributed by atoms with Crippen molar-refractivity contribution in [3.63, 3.8) is 0 Å². The Morgan fingerprint density at radius 1 is 1.07 bits per heavy atom. The van der Waals surface area contributed by atoms with Crippen LogP contribution < -0.4 is 10.9 Å². The molecule has 2 aromatic carbocycles. The van der Waals surface area contributed by atoms with E-state index >= 15 is 0 Å². The Morgan fingerprint density at radius 3 is 2.46 bits per heavy atom. The molecule has 0 aliphatic heterocycles. The maximum Gasteiger partial charge on any atom is 0.276 e. The number of aromatic nitrogens is 2. The molecular formula is C22H25N3O3. The van der Waals surface area contributed by atoms with Gasteiger partial charge in [0.05, 0.1) is 24.1 Å². The molecule has 28 heavy (non-hydrogen) atoms. The van der Waals surface area contributed by atoms with E-state index in [2.05, 4.69) is 10.4 Å². The smallest absolute Gasteiger partial charge is 0.276 e. The van der Waals surface area contributed by atoms with Gasteiger partial charge in [0.2, 0.25) is 0 Å². The number of nitrogens with one attached hydrogen (secondary N) is 1. The molecule has 1 amide bonds. The zero-order valence-corrected chi connectivity index (χ0v) is 16.6. The highest BCUT2D eigenvalue weighted by Gasteiger charge is 2.18. The Balaban J connectivity index is 1.95. The van der Waals surface area contributed by atoms with E-state index in [0.29, 0.717) is 23.1 Å². The molecule has 0 bridgehead atoms. The molecule has 0 saturated carbocycles. The van der Waals surface area contributed by atoms with Gasteiger partial charge in [-0.05, 0) is 51.5 Å². The number of ether oxygens (including phenoxy) is 1. The van der Waals surface area contributed by atoms with E-state index < -0.39 is 0 Å². The van der Waals surface area contributed by atoms with Gasteiger partial charge in [-0.2, -0.15) is 5.10 Å². The Kier molecular flexibility index (Phi) is 5.90. The SMILES string of the molecule is CC(C)OCc1cccc(NC(=O)c2nn(C(C)C)c(=O)c3ccccc23)c1. The van der Waals surface area contributed by atoms with Crippen molar-refractivity contribution in [2.75, 3.05) is 5.32 Å². The van der Waals surface area contributed by atoms with Crippen LogP contribution in [-0.2, 0) is 11.3 Å². The molecular weight excluding hydrogens is 354 g/mol. The second-order valence-electron chi connectivity index (χ2n) is 7.25. The number of hydrogen-bond donors (Lipinski definition) is 1. The standard InChI is InChI=1S/C22H25N3O3/c1-14(2)25-22(27)19-11-6-5-10-18(19)20(24-25)21(26)23-17-9-7-8-16(12-17)13-28-15(3)4/h5-12,14-15H,13H2,1-4H3,(H,23,26). The minimum absolute atomic E-state index is 0.130. The van der Waals surface area contributed by atoms with Crippen LogP contribution in [0.1, 0.15) is 49.8 Å². The van der Waals surface area contributed by atoms with E-state index in [1.54, 1.807) is 24.3 Å². The summed E-state index contributed by atoms with van der Waals surface area (Å²) in [7, 11) is 0. The van der Waals surface area contributed by atoms with Gasteiger partial charge in [-0.15, -0.1) is 0 Å². The first-order valence-electron chi connectivity index (χ1n) is 9.40. The van der Waals surface area contributed by atoms with Crippen LogP contribution in [0.5, 0.6) is 0 Å². The van der Waals surface area contributed by atoms with Crippen LogP contribution in [0.4, 0.5) is 5.69 Å². The van der Waals surface area contributed by atoms with Crippen LogP contribution in [0.3, 0.4) is 0 Å². The third-order valence-corrected chi connectivity index (χ3v) is 4.30. The van der Waals surface area contributed by atoms with Gasteiger partial charge in [-0.3, -0.25) is 9.59 Å². The van der Waals surface area contributed by atoms with Crippen molar-refractivity contribution in [2.24, 2.45) is 0 Å². The summed E-state index contributed by atoms with van der Waals surface area (Å²) in [6.45, 7) is 8.16. The lowest BCUT2D eigenvalue weighted by molar-refractivity contribution is 0.0657. The van der Waals surface area contributed by atoms with Gasteiger partial charge in [0.15, 0.2) is 5.69 Å². The number of carbonyl (C=O) groups is 1. The van der Waals surface area contributed by atoms with Gasteiger partial charge in [0.25, 0.3) is 11.5 Å². The van der Waals surface area contributed by atoms with Crippen molar-refractivity contribution in [3.05, 3.63) is 70.1 Å². The second-order valence-corrected chi connectivity index (χ2v) is 7.25. The fourth-order valence-electron chi connectivity index (χ4n) is 2.92. The number of anilines is 1. The molecule has 1 N–H and O–H groups in total. The van der Waals surface area contributed by atoms with Crippen LogP contribution in [0.15, 0.2) is 53.3 Å². The minimum Gasteiger partial charge on any atom is -0.374 e. The van der Waals surface area contributed by atoms with Gasteiger partial charge in [-0.25, -0.2) is 4.68 Å². The van der Waals surface area contributed by atoms with E-state index in [9.17, 15) is 9.59 Å². The van der Waals surface area contributed by atoms with Crippen LogP contribution in [0.25, 0.3) is 10.8 Å². The lowest BCUT2D eigenvalue weighted by Crippen LogP contribution is -2.28. The van der Waals surface area contributed by atoms with E-state index in [1.165, 1.54) is 4.68 Å². The summed E-state index contributed by atoms with van der Waals surface area (Å²) in [5, 5.41) is 8.26. The average molecular weight is 379 g/mol. The number of amides is 1. The monoisotopic (exact) mass is 379 g/mol. The van der Waals surface area contributed by atoms with E-state index in [-0.39, 0.29) is 29.3 Å². The topological polar surface area (TPSA) is 73.2 Å². The molecule has 0 spiro atoms. The molecule has 0 unspecified atom stereocenters. The molecule has 3 rings (SSSR count). The molecule has 146 valence electrons. The Hall–Kier alpha value is -2.99. The predicted molar refractivity (Wildman–Crippen MR) is 111 cm³/mol. The van der Waals surface area contributed by atoms with Crippen molar-refractivity contribution >= 4 is 22.4 Å². The van der Waals surface area contributed by atoms with Crippen LogP contribution >= 0.6 is 0 Å². The molecule has 6 heteroatoms. The van der Waals surface area contributed by atoms with Gasteiger partial charge < -0.3 is 10.1 Å². The average Bonchev–Trinajstić information content (AvgIpc) is 2.67. The number of rotatable bonds is 6. The van der Waals surface area contributed by atoms with Crippen molar-refractivity contribution < 1.29 is 9.53 Å². The molecule has 1 heterocycles. The fraction of sp³-hybridized carbons (Fsp3) is 0.318. The van der Waals surface area contributed by atoms with Gasteiger partial charge >= 0.3 is 0 Å². The predicted octanol–water partition coefficient (Wildman–Crippen LogP) is 4.15. The lowest BCUT2D eigenvalue weighted by atomic mass is 10.1. The quantitative estimate of drug-likeness (QED) is 0.698. The highest BCUT2D eigenvalue weighted by Crippen LogP contribution is 2.18. The molecule has 1 aromatic heterocycles. The summed E-state index contributed by atoms with van der Waals surface area (Å²) in [6, 6.07) is 14.4. The Bertz CT molecular complexity index is 1050. The minimum atomic E-state index is -0.354. The summed E-state index contributed by atoms with van der Waals surface area (Å²) in [4.78, 5) is 25.6. The van der Waals surface area contributed by atoms with Crippen molar-refractivity contribution in [2.45, 2.75) is 46.4 Å². The summed E-state index contributed by atoms with van der Waals surface area (Å²) in [6.07, 6.45) is 0.130. The van der Waals surface area contributed by atoms with Crippen LogP contribution in [0, 0.1) is 0 Å². The fourth-order valence-corrected chi connectivity index (χ4v) is 2.92. The maximum atomic E-state index is 13.0. The normalized spacial score (nSPS) is 11.4. The second kappa shape index (κ2) is 8.35. The summed E-state index contributed by atoms with van der Waals surface area (Å²) in [5.74, 6) is -0.354. The zero-order chi connectivity index (χ0) is 20.3. The third kappa shape index (κ3) is 4.28. The third-order valence-electron chi connectivity index (χ3n) is 4.30. The first-order chi connectivity index (χ1) is 13.4.